The molecule has 1 aromatic rings. The summed E-state index contributed by atoms with van der Waals surface area (Å²) in [6.07, 6.45) is 2.68. The summed E-state index contributed by atoms with van der Waals surface area (Å²) < 4.78 is 5.80. The highest BCUT2D eigenvalue weighted by atomic mass is 16.5. The van der Waals surface area contributed by atoms with Crippen LogP contribution < -0.4 is 0 Å². The van der Waals surface area contributed by atoms with Crippen molar-refractivity contribution in [3.63, 3.8) is 0 Å². The average molecular weight is 303 g/mol. The van der Waals surface area contributed by atoms with E-state index in [1.54, 1.807) is 0 Å². The molecule has 3 nitrogen and oxygen atoms in total. The largest absolute Gasteiger partial charge is 0.459 e. The number of rotatable bonds is 3. The fourth-order valence-electron chi connectivity index (χ4n) is 3.46. The monoisotopic (exact) mass is 303 g/mol. The van der Waals surface area contributed by atoms with Crippen molar-refractivity contribution in [1.82, 2.24) is 4.90 Å². The first-order valence-corrected chi connectivity index (χ1v) is 8.19. The molecular weight excluding hydrogens is 274 g/mol. The Balaban J connectivity index is 2.08. The summed E-state index contributed by atoms with van der Waals surface area (Å²) in [5.41, 5.74) is 1.93. The summed E-state index contributed by atoms with van der Waals surface area (Å²) in [6.45, 7) is 11.0. The van der Waals surface area contributed by atoms with Crippen LogP contribution in [0.25, 0.3) is 0 Å². The van der Waals surface area contributed by atoms with Crippen LogP contribution in [-0.4, -0.2) is 35.1 Å². The van der Waals surface area contributed by atoms with Gasteiger partial charge in [0.15, 0.2) is 0 Å². The van der Waals surface area contributed by atoms with E-state index in [-0.39, 0.29) is 23.2 Å². The van der Waals surface area contributed by atoms with Crippen molar-refractivity contribution in [2.75, 3.05) is 7.05 Å². The summed E-state index contributed by atoms with van der Waals surface area (Å²) in [7, 11) is 2.15. The van der Waals surface area contributed by atoms with E-state index in [2.05, 4.69) is 46.6 Å². The van der Waals surface area contributed by atoms with Gasteiger partial charge in [0.05, 0.1) is 5.56 Å². The molecule has 0 bridgehead atoms. The summed E-state index contributed by atoms with van der Waals surface area (Å²) >= 11 is 0. The number of nitrogens with zero attached hydrogens (tertiary/aromatic N) is 1. The number of carbonyl (C=O) groups is 1. The summed E-state index contributed by atoms with van der Waals surface area (Å²) in [5.74, 6) is -0.205. The average Bonchev–Trinajstić information content (AvgIpc) is 2.44. The van der Waals surface area contributed by atoms with Crippen LogP contribution in [-0.2, 0) is 11.2 Å². The topological polar surface area (TPSA) is 29.5 Å². The minimum atomic E-state index is -0.205. The van der Waals surface area contributed by atoms with Gasteiger partial charge in [-0.2, -0.15) is 0 Å². The third kappa shape index (κ3) is 3.52. The normalized spacial score (nSPS) is 21.5. The minimum Gasteiger partial charge on any atom is -0.459 e. The van der Waals surface area contributed by atoms with Gasteiger partial charge >= 0.3 is 5.97 Å². The fourth-order valence-corrected chi connectivity index (χ4v) is 3.46. The van der Waals surface area contributed by atoms with Crippen LogP contribution in [0.3, 0.4) is 0 Å². The van der Waals surface area contributed by atoms with Gasteiger partial charge in [0.2, 0.25) is 0 Å². The Morgan fingerprint density at radius 3 is 2.09 bits per heavy atom. The number of esters is 1. The van der Waals surface area contributed by atoms with Crippen LogP contribution in [0.15, 0.2) is 24.3 Å². The SMILES string of the molecule is CCc1ccc(C(=O)OC2CC(C)(C)N(C)C(C)(C)C2)cc1. The van der Waals surface area contributed by atoms with E-state index >= 15 is 0 Å². The van der Waals surface area contributed by atoms with Crippen LogP contribution in [0.2, 0.25) is 0 Å². The molecule has 0 radical (unpaired) electrons. The third-order valence-electron chi connectivity index (χ3n) is 5.14. The Labute approximate surface area is 134 Å². The lowest BCUT2D eigenvalue weighted by Crippen LogP contribution is -2.60. The van der Waals surface area contributed by atoms with Crippen molar-refractivity contribution in [1.29, 1.82) is 0 Å². The standard InChI is InChI=1S/C19H29NO2/c1-7-14-8-10-15(11-9-14)17(21)22-16-12-18(2,3)20(6)19(4,5)13-16/h8-11,16H,7,12-13H2,1-6H3. The molecule has 22 heavy (non-hydrogen) atoms. The molecule has 1 aliphatic heterocycles. The number of aryl methyl sites for hydroxylation is 1. The lowest BCUT2D eigenvalue weighted by molar-refractivity contribution is -0.0732. The molecule has 1 saturated heterocycles. The van der Waals surface area contributed by atoms with Gasteiger partial charge in [-0.25, -0.2) is 4.79 Å². The van der Waals surface area contributed by atoms with Crippen molar-refractivity contribution in [3.8, 4) is 0 Å². The van der Waals surface area contributed by atoms with Crippen LogP contribution in [0.5, 0.6) is 0 Å². The van der Waals surface area contributed by atoms with Gasteiger partial charge < -0.3 is 4.74 Å². The van der Waals surface area contributed by atoms with Crippen molar-refractivity contribution in [3.05, 3.63) is 35.4 Å². The van der Waals surface area contributed by atoms with Gasteiger partial charge in [0, 0.05) is 23.9 Å². The second kappa shape index (κ2) is 6.04. The predicted molar refractivity (Wildman–Crippen MR) is 90.2 cm³/mol. The Bertz CT molecular complexity index is 513. The maximum atomic E-state index is 12.4. The van der Waals surface area contributed by atoms with Crippen LogP contribution in [0.4, 0.5) is 0 Å². The van der Waals surface area contributed by atoms with Crippen LogP contribution in [0.1, 0.15) is 63.4 Å². The first-order chi connectivity index (χ1) is 10.2. The molecular formula is C19H29NO2. The second-order valence-corrected chi connectivity index (χ2v) is 7.67. The highest BCUT2D eigenvalue weighted by Gasteiger charge is 2.44. The molecule has 1 heterocycles. The number of hydrogen-bond acceptors (Lipinski definition) is 3. The molecule has 0 saturated carbocycles. The molecule has 0 atom stereocenters. The predicted octanol–water partition coefficient (Wildman–Crippen LogP) is 4.06. The molecule has 1 fully saturated rings. The number of hydrogen-bond donors (Lipinski definition) is 0. The van der Waals surface area contributed by atoms with Crippen molar-refractivity contribution < 1.29 is 9.53 Å². The molecule has 0 N–H and O–H groups in total. The number of piperidine rings is 1. The molecule has 2 rings (SSSR count). The lowest BCUT2D eigenvalue weighted by Gasteiger charge is -2.53. The van der Waals surface area contributed by atoms with Gasteiger partial charge in [-0.15, -0.1) is 0 Å². The zero-order valence-corrected chi connectivity index (χ0v) is 14.8. The molecule has 1 aromatic carbocycles. The van der Waals surface area contributed by atoms with Crippen molar-refractivity contribution in [2.24, 2.45) is 0 Å². The quantitative estimate of drug-likeness (QED) is 0.789. The maximum Gasteiger partial charge on any atom is 0.338 e. The summed E-state index contributed by atoms with van der Waals surface area (Å²) in [5, 5.41) is 0. The van der Waals surface area contributed by atoms with Crippen molar-refractivity contribution >= 4 is 5.97 Å². The minimum absolute atomic E-state index is 0.0266. The molecule has 122 valence electrons. The van der Waals surface area contributed by atoms with E-state index < -0.39 is 0 Å². The van der Waals surface area contributed by atoms with E-state index in [4.69, 9.17) is 4.74 Å². The number of carbonyl (C=O) groups excluding carboxylic acids is 1. The summed E-state index contributed by atoms with van der Waals surface area (Å²) in [4.78, 5) is 14.8. The Hall–Kier alpha value is -1.35. The van der Waals surface area contributed by atoms with E-state index in [0.29, 0.717) is 5.56 Å². The molecule has 0 aromatic heterocycles. The third-order valence-corrected chi connectivity index (χ3v) is 5.14. The van der Waals surface area contributed by atoms with E-state index in [9.17, 15) is 4.79 Å². The molecule has 0 unspecified atom stereocenters. The van der Waals surface area contributed by atoms with E-state index in [1.807, 2.05) is 24.3 Å². The zero-order valence-electron chi connectivity index (χ0n) is 14.8. The second-order valence-electron chi connectivity index (χ2n) is 7.67. The van der Waals surface area contributed by atoms with Gasteiger partial charge in [-0.05, 0) is 58.9 Å². The first-order valence-electron chi connectivity index (χ1n) is 8.19. The number of benzene rings is 1. The van der Waals surface area contributed by atoms with Gasteiger partial charge in [-0.3, -0.25) is 4.90 Å². The first kappa shape index (κ1) is 17.0. The van der Waals surface area contributed by atoms with Gasteiger partial charge in [-0.1, -0.05) is 19.1 Å². The van der Waals surface area contributed by atoms with Crippen LogP contribution in [0, 0.1) is 0 Å². The molecule has 0 aliphatic carbocycles. The zero-order chi connectivity index (χ0) is 16.5. The van der Waals surface area contributed by atoms with E-state index in [0.717, 1.165) is 19.3 Å². The lowest BCUT2D eigenvalue weighted by atomic mass is 9.79. The molecule has 3 heteroatoms. The maximum absolute atomic E-state index is 12.4. The molecule has 0 amide bonds. The molecule has 1 aliphatic rings. The Kier molecular flexibility index (Phi) is 4.67. The Morgan fingerprint density at radius 2 is 1.64 bits per heavy atom. The van der Waals surface area contributed by atoms with Gasteiger partial charge in [0.1, 0.15) is 6.10 Å². The van der Waals surface area contributed by atoms with Crippen molar-refractivity contribution in [2.45, 2.75) is 71.1 Å². The number of ether oxygens (including phenoxy) is 1. The highest BCUT2D eigenvalue weighted by molar-refractivity contribution is 5.89. The van der Waals surface area contributed by atoms with Crippen LogP contribution >= 0.6 is 0 Å². The number of likely N-dealkylation sites (tertiary alicyclic amines) is 1. The Morgan fingerprint density at radius 1 is 1.14 bits per heavy atom. The smallest absolute Gasteiger partial charge is 0.338 e. The van der Waals surface area contributed by atoms with E-state index in [1.165, 1.54) is 5.56 Å². The summed E-state index contributed by atoms with van der Waals surface area (Å²) in [6, 6.07) is 7.73. The fraction of sp³-hybridized carbons (Fsp3) is 0.632. The highest BCUT2D eigenvalue weighted by Crippen LogP contribution is 2.38. The molecule has 0 spiro atoms. The van der Waals surface area contributed by atoms with Gasteiger partial charge in [0.25, 0.3) is 0 Å².